The highest BCUT2D eigenvalue weighted by Crippen LogP contribution is 2.19. The average Bonchev–Trinajstić information content (AvgIpc) is 3.43. The molecule has 0 aromatic rings. The molecule has 0 aliphatic rings. The van der Waals surface area contributed by atoms with Crippen molar-refractivity contribution in [3.8, 4) is 0 Å². The average molecular weight is 1090 g/mol. The molecule has 77 heavy (non-hydrogen) atoms. The number of nitrogens with one attached hydrogen (secondary N) is 1. The lowest BCUT2D eigenvalue weighted by molar-refractivity contribution is -0.143. The van der Waals surface area contributed by atoms with Crippen LogP contribution >= 0.6 is 0 Å². The summed E-state index contributed by atoms with van der Waals surface area (Å²) in [5.41, 5.74) is 0. The zero-order valence-corrected chi connectivity index (χ0v) is 52.5. The lowest BCUT2D eigenvalue weighted by Gasteiger charge is -2.20. The molecule has 2 unspecified atom stereocenters. The Kier molecular flexibility index (Phi) is 65.9. The van der Waals surface area contributed by atoms with Crippen LogP contribution in [0.4, 0.5) is 0 Å². The second-order valence-corrected chi connectivity index (χ2v) is 24.6. The van der Waals surface area contributed by atoms with Gasteiger partial charge in [0.05, 0.1) is 25.4 Å². The lowest BCUT2D eigenvalue weighted by atomic mass is 10.0. The molecule has 1 amide bonds. The number of hydrogen-bond acceptors (Lipinski definition) is 5. The van der Waals surface area contributed by atoms with E-state index in [1.165, 1.54) is 340 Å². The SMILES string of the molecule is CCCCCCCCCCCC/C=C/C(O)C(CO)NC(=O)CCCCCCCCCCCCCCCCCCCCCCCCCCCCCCCCCCCCCOC(=O)CCCCCCCCCCCCCCC. The Bertz CT molecular complexity index is 1160. The quantitative estimate of drug-likeness (QED) is 0.0320. The van der Waals surface area contributed by atoms with Crippen LogP contribution in [0, 0.1) is 0 Å². The van der Waals surface area contributed by atoms with Gasteiger partial charge in [0.15, 0.2) is 0 Å². The summed E-state index contributed by atoms with van der Waals surface area (Å²) in [6, 6.07) is -0.622. The molecule has 3 N–H and O–H groups in total. The molecule has 0 spiro atoms. The molecule has 2 atom stereocenters. The van der Waals surface area contributed by atoms with Gasteiger partial charge in [-0.15, -0.1) is 0 Å². The van der Waals surface area contributed by atoms with Gasteiger partial charge in [-0.25, -0.2) is 0 Å². The summed E-state index contributed by atoms with van der Waals surface area (Å²) in [6.45, 7) is 4.93. The van der Waals surface area contributed by atoms with Crippen molar-refractivity contribution in [1.82, 2.24) is 5.32 Å². The van der Waals surface area contributed by atoms with Gasteiger partial charge in [0.1, 0.15) is 0 Å². The monoisotopic (exact) mass is 1090 g/mol. The number of ether oxygens (including phenoxy) is 1. The molecule has 0 aromatic heterocycles. The molecule has 6 heteroatoms. The highest BCUT2D eigenvalue weighted by Gasteiger charge is 2.18. The van der Waals surface area contributed by atoms with Crippen molar-refractivity contribution in [3.05, 3.63) is 12.2 Å². The highest BCUT2D eigenvalue weighted by atomic mass is 16.5. The normalized spacial score (nSPS) is 12.5. The number of esters is 1. The van der Waals surface area contributed by atoms with E-state index in [1.807, 2.05) is 6.08 Å². The second kappa shape index (κ2) is 67.1. The Labute approximate surface area is 482 Å². The van der Waals surface area contributed by atoms with Crippen LogP contribution in [0.2, 0.25) is 0 Å². The summed E-state index contributed by atoms with van der Waals surface area (Å²) in [4.78, 5) is 24.5. The minimum Gasteiger partial charge on any atom is -0.466 e. The fourth-order valence-electron chi connectivity index (χ4n) is 11.4. The summed E-state index contributed by atoms with van der Waals surface area (Å²) in [6.07, 6.45) is 83.1. The van der Waals surface area contributed by atoms with Gasteiger partial charge in [-0.1, -0.05) is 373 Å². The molecule has 0 saturated heterocycles. The zero-order chi connectivity index (χ0) is 55.7. The summed E-state index contributed by atoms with van der Waals surface area (Å²) in [7, 11) is 0. The third kappa shape index (κ3) is 63.6. The van der Waals surface area contributed by atoms with Crippen LogP contribution in [-0.4, -0.2) is 47.4 Å². The maximum atomic E-state index is 12.5. The van der Waals surface area contributed by atoms with E-state index in [2.05, 4.69) is 19.2 Å². The number of aliphatic hydroxyl groups is 2. The van der Waals surface area contributed by atoms with Crippen molar-refractivity contribution in [2.24, 2.45) is 0 Å². The van der Waals surface area contributed by atoms with Crippen molar-refractivity contribution in [2.75, 3.05) is 13.2 Å². The molecule has 0 heterocycles. The van der Waals surface area contributed by atoms with Gasteiger partial charge in [-0.2, -0.15) is 0 Å². The molecule has 6 nitrogen and oxygen atoms in total. The first kappa shape index (κ1) is 75.6. The van der Waals surface area contributed by atoms with Gasteiger partial charge in [-0.05, 0) is 32.1 Å². The van der Waals surface area contributed by atoms with Crippen LogP contribution in [0.5, 0.6) is 0 Å². The van der Waals surface area contributed by atoms with Crippen molar-refractivity contribution >= 4 is 11.9 Å². The Morgan fingerprint density at radius 2 is 0.597 bits per heavy atom. The van der Waals surface area contributed by atoms with E-state index in [1.54, 1.807) is 6.08 Å². The highest BCUT2D eigenvalue weighted by molar-refractivity contribution is 5.76. The predicted molar refractivity (Wildman–Crippen MR) is 338 cm³/mol. The van der Waals surface area contributed by atoms with E-state index in [9.17, 15) is 19.8 Å². The largest absolute Gasteiger partial charge is 0.466 e. The van der Waals surface area contributed by atoms with Gasteiger partial charge in [0, 0.05) is 12.8 Å². The molecule has 0 rings (SSSR count). The Morgan fingerprint density at radius 1 is 0.351 bits per heavy atom. The Hall–Kier alpha value is -1.40. The number of rotatable bonds is 67. The van der Waals surface area contributed by atoms with Crippen LogP contribution in [0.25, 0.3) is 0 Å². The molecule has 0 fully saturated rings. The van der Waals surface area contributed by atoms with Gasteiger partial charge in [0.25, 0.3) is 0 Å². The lowest BCUT2D eigenvalue weighted by Crippen LogP contribution is -2.45. The standard InChI is InChI=1S/C71H139NO5/c1-3-5-7-9-11-13-15-40-45-49-53-57-61-65-71(76)77-66-62-58-54-50-46-42-39-37-35-33-31-29-27-25-23-21-19-17-18-20-22-24-26-28-30-32-34-36-38-41-44-48-52-56-60-64-70(75)72-68(67-73)69(74)63-59-55-51-47-43-16-14-12-10-8-6-4-2/h59,63,68-69,73-74H,3-58,60-62,64-67H2,1-2H3,(H,72,75)/b63-59+. The van der Waals surface area contributed by atoms with Crippen LogP contribution in [0.3, 0.4) is 0 Å². The third-order valence-electron chi connectivity index (χ3n) is 16.8. The fraction of sp³-hybridized carbons (Fsp3) is 0.944. The minimum absolute atomic E-state index is 0.0246. The number of allylic oxidation sites excluding steroid dienone is 1. The van der Waals surface area contributed by atoms with Crippen molar-refractivity contribution in [3.63, 3.8) is 0 Å². The first-order chi connectivity index (χ1) is 38.0. The van der Waals surface area contributed by atoms with Gasteiger partial charge >= 0.3 is 5.97 Å². The van der Waals surface area contributed by atoms with E-state index in [-0.39, 0.29) is 18.5 Å². The molecule has 0 radical (unpaired) electrons. The van der Waals surface area contributed by atoms with Crippen LogP contribution in [0.15, 0.2) is 12.2 Å². The maximum absolute atomic E-state index is 12.5. The number of carbonyl (C=O) groups excluding carboxylic acids is 2. The Balaban J connectivity index is 3.29. The van der Waals surface area contributed by atoms with E-state index >= 15 is 0 Å². The molecule has 0 aliphatic carbocycles. The number of carbonyl (C=O) groups is 2. The third-order valence-corrected chi connectivity index (χ3v) is 16.8. The van der Waals surface area contributed by atoms with Crippen molar-refractivity contribution in [2.45, 2.75) is 418 Å². The first-order valence-corrected chi connectivity index (χ1v) is 35.5. The van der Waals surface area contributed by atoms with Crippen LogP contribution in [-0.2, 0) is 14.3 Å². The number of aliphatic hydroxyl groups excluding tert-OH is 2. The Morgan fingerprint density at radius 3 is 0.883 bits per heavy atom. The maximum Gasteiger partial charge on any atom is 0.305 e. The molecule has 0 saturated carbocycles. The molecular weight excluding hydrogens is 947 g/mol. The number of unbranched alkanes of at least 4 members (excludes halogenated alkanes) is 56. The molecule has 458 valence electrons. The van der Waals surface area contributed by atoms with Gasteiger partial charge in [0.2, 0.25) is 5.91 Å². The van der Waals surface area contributed by atoms with E-state index in [0.29, 0.717) is 19.4 Å². The first-order valence-electron chi connectivity index (χ1n) is 35.5. The summed E-state index contributed by atoms with van der Waals surface area (Å²) in [5.74, 6) is -0.0366. The minimum atomic E-state index is -0.839. The van der Waals surface area contributed by atoms with Crippen molar-refractivity contribution in [1.29, 1.82) is 0 Å². The van der Waals surface area contributed by atoms with E-state index in [0.717, 1.165) is 38.5 Å². The fourth-order valence-corrected chi connectivity index (χ4v) is 11.4. The topological polar surface area (TPSA) is 95.9 Å². The molecule has 0 bridgehead atoms. The van der Waals surface area contributed by atoms with E-state index < -0.39 is 12.1 Å². The smallest absolute Gasteiger partial charge is 0.305 e. The second-order valence-electron chi connectivity index (χ2n) is 24.6. The summed E-state index contributed by atoms with van der Waals surface area (Å²) < 4.78 is 5.49. The van der Waals surface area contributed by atoms with Crippen LogP contribution < -0.4 is 5.32 Å². The molecular formula is C71H139NO5. The summed E-state index contributed by atoms with van der Waals surface area (Å²) in [5, 5.41) is 23.1. The molecule has 0 aliphatic heterocycles. The predicted octanol–water partition coefficient (Wildman–Crippen LogP) is 22.8. The number of amides is 1. The molecule has 0 aromatic carbocycles. The van der Waals surface area contributed by atoms with Crippen LogP contribution in [0.1, 0.15) is 406 Å². The van der Waals surface area contributed by atoms with Gasteiger partial charge < -0.3 is 20.3 Å². The van der Waals surface area contributed by atoms with E-state index in [4.69, 9.17) is 4.74 Å². The summed E-state index contributed by atoms with van der Waals surface area (Å²) >= 11 is 0. The zero-order valence-electron chi connectivity index (χ0n) is 52.5. The van der Waals surface area contributed by atoms with Crippen molar-refractivity contribution < 1.29 is 24.5 Å². The van der Waals surface area contributed by atoms with Gasteiger partial charge in [-0.3, -0.25) is 9.59 Å². The number of hydrogen-bond donors (Lipinski definition) is 3.